The average molecular weight is 430 g/mol. The predicted octanol–water partition coefficient (Wildman–Crippen LogP) is 5.35. The summed E-state index contributed by atoms with van der Waals surface area (Å²) in [4.78, 5) is 28.1. The van der Waals surface area contributed by atoms with Crippen LogP contribution in [0.1, 0.15) is 30.9 Å². The zero-order valence-corrected chi connectivity index (χ0v) is 18.1. The fourth-order valence-corrected chi connectivity index (χ4v) is 3.66. The molecule has 0 unspecified atom stereocenters. The van der Waals surface area contributed by atoms with Gasteiger partial charge in [0.1, 0.15) is 17.3 Å². The van der Waals surface area contributed by atoms with Gasteiger partial charge in [0.05, 0.1) is 24.1 Å². The Bertz CT molecular complexity index is 1200. The number of hydrogen-bond acceptors (Lipinski definition) is 4. The quantitative estimate of drug-likeness (QED) is 0.536. The third kappa shape index (κ3) is 3.87. The number of rotatable bonds is 6. The van der Waals surface area contributed by atoms with E-state index in [0.29, 0.717) is 28.6 Å². The Kier molecular flexibility index (Phi) is 5.77. The van der Waals surface area contributed by atoms with E-state index in [1.165, 1.54) is 31.4 Å². The first kappa shape index (κ1) is 21.3. The zero-order chi connectivity index (χ0) is 22.8. The second kappa shape index (κ2) is 8.67. The molecule has 1 aliphatic heterocycles. The van der Waals surface area contributed by atoms with Crippen LogP contribution in [0.4, 0.5) is 15.8 Å². The minimum atomic E-state index is -0.488. The molecule has 1 aliphatic rings. The van der Waals surface area contributed by atoms with Crippen molar-refractivity contribution in [2.24, 2.45) is 0 Å². The summed E-state index contributed by atoms with van der Waals surface area (Å²) in [5.41, 5.74) is 2.85. The van der Waals surface area contributed by atoms with Crippen molar-refractivity contribution in [1.29, 1.82) is 0 Å². The van der Waals surface area contributed by atoms with Crippen molar-refractivity contribution in [2.75, 3.05) is 17.3 Å². The van der Waals surface area contributed by atoms with Crippen LogP contribution in [0.3, 0.4) is 0 Å². The van der Waals surface area contributed by atoms with Gasteiger partial charge in [-0.05, 0) is 53.4 Å². The minimum absolute atomic E-state index is 0.110. The van der Waals surface area contributed by atoms with Crippen LogP contribution in [0, 0.1) is 5.82 Å². The summed E-state index contributed by atoms with van der Waals surface area (Å²) >= 11 is 0. The van der Waals surface area contributed by atoms with Crippen LogP contribution in [-0.2, 0) is 9.59 Å². The largest absolute Gasteiger partial charge is 0.495 e. The van der Waals surface area contributed by atoms with Crippen molar-refractivity contribution in [1.82, 2.24) is 0 Å². The number of halogens is 1. The van der Waals surface area contributed by atoms with Gasteiger partial charge in [-0.1, -0.05) is 50.2 Å². The van der Waals surface area contributed by atoms with Gasteiger partial charge in [0.15, 0.2) is 0 Å². The SMILES string of the molecule is COc1ccccc1NC1=C(c2ccc(F)cc2)C(=O)N(c2ccc(C(C)C)cc2)C1=O. The van der Waals surface area contributed by atoms with Crippen LogP contribution < -0.4 is 15.0 Å². The minimum Gasteiger partial charge on any atom is -0.495 e. The van der Waals surface area contributed by atoms with Crippen LogP contribution in [0.5, 0.6) is 5.75 Å². The summed E-state index contributed by atoms with van der Waals surface area (Å²) in [6.45, 7) is 4.15. The fraction of sp³-hybridized carbons (Fsp3) is 0.154. The molecule has 5 nitrogen and oxygen atoms in total. The van der Waals surface area contributed by atoms with E-state index in [0.717, 1.165) is 10.5 Å². The number of carbonyl (C=O) groups is 2. The number of methoxy groups -OCH3 is 1. The molecule has 0 radical (unpaired) electrons. The molecule has 162 valence electrons. The highest BCUT2D eigenvalue weighted by Crippen LogP contribution is 2.36. The molecular weight excluding hydrogens is 407 g/mol. The van der Waals surface area contributed by atoms with Gasteiger partial charge in [-0.3, -0.25) is 9.59 Å². The second-order valence-electron chi connectivity index (χ2n) is 7.77. The van der Waals surface area contributed by atoms with Crippen LogP contribution in [0.25, 0.3) is 5.57 Å². The lowest BCUT2D eigenvalue weighted by Gasteiger charge is -2.17. The van der Waals surface area contributed by atoms with E-state index in [9.17, 15) is 14.0 Å². The van der Waals surface area contributed by atoms with Crippen molar-refractivity contribution < 1.29 is 18.7 Å². The van der Waals surface area contributed by atoms with Crippen LogP contribution in [0.2, 0.25) is 0 Å². The molecule has 3 aromatic rings. The maximum absolute atomic E-state index is 13.5. The first-order valence-electron chi connectivity index (χ1n) is 10.3. The Morgan fingerprint density at radius 1 is 0.875 bits per heavy atom. The number of nitrogens with one attached hydrogen (secondary N) is 1. The number of imide groups is 1. The normalized spacial score (nSPS) is 13.8. The smallest absolute Gasteiger partial charge is 0.282 e. The molecule has 0 spiro atoms. The first-order valence-corrected chi connectivity index (χ1v) is 10.3. The van der Waals surface area contributed by atoms with Gasteiger partial charge in [-0.25, -0.2) is 9.29 Å². The molecule has 0 atom stereocenters. The number of ether oxygens (including phenoxy) is 1. The predicted molar refractivity (Wildman–Crippen MR) is 123 cm³/mol. The van der Waals surface area contributed by atoms with Crippen molar-refractivity contribution >= 4 is 28.8 Å². The summed E-state index contributed by atoms with van der Waals surface area (Å²) < 4.78 is 18.9. The molecule has 3 aromatic carbocycles. The number of nitrogens with zero attached hydrogens (tertiary/aromatic N) is 1. The summed E-state index contributed by atoms with van der Waals surface area (Å²) in [6.07, 6.45) is 0. The van der Waals surface area contributed by atoms with E-state index in [4.69, 9.17) is 4.74 Å². The third-order valence-electron chi connectivity index (χ3n) is 5.40. The van der Waals surface area contributed by atoms with Gasteiger partial charge in [0.25, 0.3) is 11.8 Å². The van der Waals surface area contributed by atoms with Gasteiger partial charge in [0, 0.05) is 0 Å². The van der Waals surface area contributed by atoms with E-state index < -0.39 is 17.6 Å². The van der Waals surface area contributed by atoms with Gasteiger partial charge in [0.2, 0.25) is 0 Å². The second-order valence-corrected chi connectivity index (χ2v) is 7.77. The molecule has 32 heavy (non-hydrogen) atoms. The monoisotopic (exact) mass is 430 g/mol. The van der Waals surface area contributed by atoms with Gasteiger partial charge in [-0.2, -0.15) is 0 Å². The molecule has 2 amide bonds. The van der Waals surface area contributed by atoms with E-state index in [1.54, 1.807) is 30.3 Å². The molecule has 0 saturated carbocycles. The van der Waals surface area contributed by atoms with Crippen molar-refractivity contribution in [3.05, 3.63) is 95.4 Å². The zero-order valence-electron chi connectivity index (χ0n) is 18.1. The topological polar surface area (TPSA) is 58.6 Å². The average Bonchev–Trinajstić information content (AvgIpc) is 3.04. The summed E-state index contributed by atoms with van der Waals surface area (Å²) in [6, 6.07) is 20.0. The summed E-state index contributed by atoms with van der Waals surface area (Å²) in [5.74, 6) is -0.538. The summed E-state index contributed by atoms with van der Waals surface area (Å²) in [5, 5.41) is 3.08. The Labute approximate surface area is 186 Å². The lowest BCUT2D eigenvalue weighted by atomic mass is 10.0. The van der Waals surface area contributed by atoms with Crippen molar-refractivity contribution in [3.8, 4) is 5.75 Å². The van der Waals surface area contributed by atoms with Crippen LogP contribution in [-0.4, -0.2) is 18.9 Å². The number of anilines is 2. The standard InChI is InChI=1S/C26H23FN2O3/c1-16(2)17-10-14-20(15-11-17)29-25(30)23(18-8-12-19(27)13-9-18)24(26(29)31)28-21-6-4-5-7-22(21)32-3/h4-16,28H,1-3H3. The van der Waals surface area contributed by atoms with Crippen LogP contribution >= 0.6 is 0 Å². The highest BCUT2D eigenvalue weighted by molar-refractivity contribution is 6.46. The lowest BCUT2D eigenvalue weighted by molar-refractivity contribution is -0.120. The molecule has 6 heteroatoms. The Hall–Kier alpha value is -3.93. The molecule has 4 rings (SSSR count). The van der Waals surface area contributed by atoms with Crippen LogP contribution in [0.15, 0.2) is 78.5 Å². The maximum atomic E-state index is 13.5. The molecule has 0 saturated heterocycles. The Balaban J connectivity index is 1.80. The molecule has 0 bridgehead atoms. The van der Waals surface area contributed by atoms with Gasteiger partial charge < -0.3 is 10.1 Å². The molecule has 0 aliphatic carbocycles. The van der Waals surface area contributed by atoms with E-state index in [1.807, 2.05) is 18.2 Å². The number of amides is 2. The molecule has 1 N–H and O–H groups in total. The Morgan fingerprint density at radius 3 is 2.16 bits per heavy atom. The molecular formula is C26H23FN2O3. The summed E-state index contributed by atoms with van der Waals surface area (Å²) in [7, 11) is 1.53. The molecule has 1 heterocycles. The highest BCUT2D eigenvalue weighted by Gasteiger charge is 2.40. The van der Waals surface area contributed by atoms with E-state index in [-0.39, 0.29) is 11.3 Å². The Morgan fingerprint density at radius 2 is 1.53 bits per heavy atom. The fourth-order valence-electron chi connectivity index (χ4n) is 3.66. The van der Waals surface area contributed by atoms with Gasteiger partial charge in [-0.15, -0.1) is 0 Å². The van der Waals surface area contributed by atoms with Crippen molar-refractivity contribution in [2.45, 2.75) is 19.8 Å². The highest BCUT2D eigenvalue weighted by atomic mass is 19.1. The van der Waals surface area contributed by atoms with E-state index >= 15 is 0 Å². The maximum Gasteiger partial charge on any atom is 0.282 e. The lowest BCUT2D eigenvalue weighted by Crippen LogP contribution is -2.32. The number of hydrogen-bond donors (Lipinski definition) is 1. The number of carbonyl (C=O) groups excluding carboxylic acids is 2. The number of para-hydroxylation sites is 2. The first-order chi connectivity index (χ1) is 15.4. The van der Waals surface area contributed by atoms with Gasteiger partial charge >= 0.3 is 0 Å². The molecule has 0 fully saturated rings. The molecule has 0 aromatic heterocycles. The third-order valence-corrected chi connectivity index (χ3v) is 5.40. The van der Waals surface area contributed by atoms with Crippen molar-refractivity contribution in [3.63, 3.8) is 0 Å². The number of benzene rings is 3. The van der Waals surface area contributed by atoms with E-state index in [2.05, 4.69) is 19.2 Å².